The van der Waals surface area contributed by atoms with Gasteiger partial charge in [0.05, 0.1) is 24.5 Å². The number of aliphatic hydroxyl groups is 2. The number of halogens is 1. The SMILES string of the molecule is O=P(O)(O)CP(=O)(O)OC[C@H]1O[C@@H](c2cnc3c(N4CCC[C@H]4c4ccccc4)nc(Cl)nn23)[C@H](O)[C@@H]1O. The Morgan fingerprint density at radius 1 is 1.13 bits per heavy atom. The lowest BCUT2D eigenvalue weighted by Crippen LogP contribution is -2.33. The van der Waals surface area contributed by atoms with Crippen LogP contribution in [0.4, 0.5) is 5.82 Å². The van der Waals surface area contributed by atoms with Crippen LogP contribution >= 0.6 is 26.8 Å². The fraction of sp³-hybridized carbons (Fsp3) is 0.476. The van der Waals surface area contributed by atoms with Gasteiger partial charge in [0.2, 0.25) is 5.28 Å². The Morgan fingerprint density at radius 3 is 2.58 bits per heavy atom. The van der Waals surface area contributed by atoms with Gasteiger partial charge in [0.1, 0.15) is 24.4 Å². The molecule has 0 saturated carbocycles. The number of aliphatic hydroxyl groups excluding tert-OH is 2. The number of benzene rings is 1. The number of anilines is 1. The van der Waals surface area contributed by atoms with Crippen LogP contribution in [0.15, 0.2) is 36.5 Å². The highest BCUT2D eigenvalue weighted by atomic mass is 35.5. The van der Waals surface area contributed by atoms with Crippen LogP contribution in [0, 0.1) is 0 Å². The van der Waals surface area contributed by atoms with E-state index < -0.39 is 52.1 Å². The summed E-state index contributed by atoms with van der Waals surface area (Å²) in [6.45, 7) is 0.00797. The summed E-state index contributed by atoms with van der Waals surface area (Å²) < 4.78 is 34.9. The van der Waals surface area contributed by atoms with Crippen LogP contribution in [-0.2, 0) is 18.4 Å². The molecule has 17 heteroatoms. The maximum absolute atomic E-state index is 12.0. The summed E-state index contributed by atoms with van der Waals surface area (Å²) in [5.74, 6) is -0.894. The van der Waals surface area contributed by atoms with Gasteiger partial charge in [-0.25, -0.2) is 9.50 Å². The van der Waals surface area contributed by atoms with Crippen molar-refractivity contribution in [2.45, 2.75) is 43.3 Å². The van der Waals surface area contributed by atoms with Crippen molar-refractivity contribution in [1.82, 2.24) is 19.6 Å². The standard InChI is InChI=1S/C21H26ClN5O9P2/c22-21-24-20(26-8-4-7-13(26)12-5-2-1-3-6-12)19-23-9-14(27(19)25-21)18-17(29)16(28)15(36-18)10-35-38(33,34)11-37(30,31)32/h1-3,5-6,9,13,15-18,28-29H,4,7-8,10-11H2,(H,33,34)(H2,30,31,32)/t13-,15+,16+,17+,18-/m0/s1. The summed E-state index contributed by atoms with van der Waals surface area (Å²) >= 11 is 6.29. The molecule has 1 aromatic carbocycles. The average molecular weight is 590 g/mol. The van der Waals surface area contributed by atoms with E-state index in [0.29, 0.717) is 18.0 Å². The maximum Gasteiger partial charge on any atom is 0.340 e. The first-order valence-corrected chi connectivity index (χ1v) is 15.6. The van der Waals surface area contributed by atoms with Crippen LogP contribution < -0.4 is 4.90 Å². The third-order valence-corrected chi connectivity index (χ3v) is 10.1. The molecule has 5 rings (SSSR count). The molecule has 38 heavy (non-hydrogen) atoms. The highest BCUT2D eigenvalue weighted by Crippen LogP contribution is 2.55. The van der Waals surface area contributed by atoms with Crippen LogP contribution in [0.5, 0.6) is 0 Å². The van der Waals surface area contributed by atoms with Crippen molar-refractivity contribution in [2.24, 2.45) is 0 Å². The number of rotatable bonds is 8. The second kappa shape index (κ2) is 10.5. The number of fused-ring (bicyclic) bond motifs is 1. The molecule has 2 fully saturated rings. The number of hydrogen-bond donors (Lipinski definition) is 5. The predicted octanol–water partition coefficient (Wildman–Crippen LogP) is 1.62. The van der Waals surface area contributed by atoms with Gasteiger partial charge in [0, 0.05) is 6.54 Å². The Hall–Kier alpha value is -1.96. The van der Waals surface area contributed by atoms with E-state index in [1.807, 2.05) is 30.3 Å². The molecule has 6 atom stereocenters. The molecule has 0 amide bonds. The highest BCUT2D eigenvalue weighted by Gasteiger charge is 2.46. The molecule has 0 radical (unpaired) electrons. The third-order valence-electron chi connectivity index (χ3n) is 6.51. The van der Waals surface area contributed by atoms with Crippen molar-refractivity contribution in [3.05, 3.63) is 53.1 Å². The molecular formula is C21H26ClN5O9P2. The van der Waals surface area contributed by atoms with Gasteiger partial charge in [-0.3, -0.25) is 9.13 Å². The number of imidazole rings is 1. The zero-order chi connectivity index (χ0) is 27.2. The number of nitrogens with zero attached hydrogens (tertiary/aromatic N) is 5. The molecule has 0 spiro atoms. The van der Waals surface area contributed by atoms with Gasteiger partial charge in [-0.05, 0) is 30.0 Å². The molecule has 3 aromatic rings. The number of ether oxygens (including phenoxy) is 1. The lowest BCUT2D eigenvalue weighted by Gasteiger charge is -2.26. The Morgan fingerprint density at radius 2 is 1.87 bits per heavy atom. The summed E-state index contributed by atoms with van der Waals surface area (Å²) in [6.07, 6.45) is -2.25. The molecular weight excluding hydrogens is 564 g/mol. The van der Waals surface area contributed by atoms with Crippen molar-refractivity contribution in [3.8, 4) is 0 Å². The van der Waals surface area contributed by atoms with E-state index in [4.69, 9.17) is 30.6 Å². The van der Waals surface area contributed by atoms with Crippen LogP contribution in [-0.4, -0.2) is 81.8 Å². The van der Waals surface area contributed by atoms with E-state index in [9.17, 15) is 24.2 Å². The summed E-state index contributed by atoms with van der Waals surface area (Å²) in [7, 11) is -9.52. The van der Waals surface area contributed by atoms with Gasteiger partial charge < -0.3 is 39.1 Å². The smallest absolute Gasteiger partial charge is 0.340 e. The molecule has 0 bridgehead atoms. The summed E-state index contributed by atoms with van der Waals surface area (Å²) in [6, 6.07) is 10.0. The minimum atomic E-state index is -4.83. The second-order valence-electron chi connectivity index (χ2n) is 9.20. The first kappa shape index (κ1) is 27.6. The summed E-state index contributed by atoms with van der Waals surface area (Å²) in [4.78, 5) is 38.6. The Kier molecular flexibility index (Phi) is 7.66. The number of aromatic nitrogens is 4. The van der Waals surface area contributed by atoms with Crippen LogP contribution in [0.25, 0.3) is 5.65 Å². The quantitative estimate of drug-likeness (QED) is 0.238. The topological polar surface area (TPSA) is 200 Å². The van der Waals surface area contributed by atoms with E-state index in [0.717, 1.165) is 18.4 Å². The van der Waals surface area contributed by atoms with Crippen molar-refractivity contribution < 1.29 is 43.3 Å². The predicted molar refractivity (Wildman–Crippen MR) is 134 cm³/mol. The van der Waals surface area contributed by atoms with E-state index in [1.165, 1.54) is 10.7 Å². The molecule has 1 unspecified atom stereocenters. The normalized spacial score (nSPS) is 27.7. The van der Waals surface area contributed by atoms with Gasteiger partial charge in [-0.15, -0.1) is 5.10 Å². The Bertz CT molecular complexity index is 1410. The molecule has 0 aliphatic carbocycles. The molecule has 5 N–H and O–H groups in total. The van der Waals surface area contributed by atoms with Crippen LogP contribution in [0.3, 0.4) is 0 Å². The van der Waals surface area contributed by atoms with Crippen LogP contribution in [0.2, 0.25) is 5.28 Å². The molecule has 2 saturated heterocycles. The third kappa shape index (κ3) is 5.66. The highest BCUT2D eigenvalue weighted by molar-refractivity contribution is 7.70. The van der Waals surface area contributed by atoms with E-state index in [1.54, 1.807) is 0 Å². The molecule has 2 aromatic heterocycles. The molecule has 14 nitrogen and oxygen atoms in total. The monoisotopic (exact) mass is 589 g/mol. The lowest BCUT2D eigenvalue weighted by atomic mass is 10.0. The van der Waals surface area contributed by atoms with Gasteiger partial charge in [-0.2, -0.15) is 4.98 Å². The average Bonchev–Trinajstić information content (AvgIpc) is 3.55. The van der Waals surface area contributed by atoms with E-state index in [2.05, 4.69) is 20.0 Å². The van der Waals surface area contributed by atoms with Gasteiger partial charge >= 0.3 is 15.2 Å². The number of hydrogen-bond acceptors (Lipinski definition) is 10. The zero-order valence-electron chi connectivity index (χ0n) is 19.8. The van der Waals surface area contributed by atoms with Crippen molar-refractivity contribution in [1.29, 1.82) is 0 Å². The van der Waals surface area contributed by atoms with Crippen LogP contribution in [0.1, 0.15) is 36.2 Å². The second-order valence-corrected chi connectivity index (χ2v) is 13.5. The van der Waals surface area contributed by atoms with Gasteiger partial charge in [0.15, 0.2) is 17.4 Å². The van der Waals surface area contributed by atoms with Gasteiger partial charge in [-0.1, -0.05) is 30.3 Å². The first-order valence-electron chi connectivity index (χ1n) is 11.7. The van der Waals surface area contributed by atoms with Crippen molar-refractivity contribution in [2.75, 3.05) is 24.0 Å². The molecule has 2 aliphatic heterocycles. The summed E-state index contributed by atoms with van der Waals surface area (Å²) in [5.41, 5.74) is 1.72. The van der Waals surface area contributed by atoms with Crippen molar-refractivity contribution in [3.63, 3.8) is 0 Å². The lowest BCUT2D eigenvalue weighted by molar-refractivity contribution is -0.0204. The largest absolute Gasteiger partial charge is 0.387 e. The van der Waals surface area contributed by atoms with E-state index in [-0.39, 0.29) is 17.0 Å². The van der Waals surface area contributed by atoms with Crippen molar-refractivity contribution >= 4 is 38.3 Å². The maximum atomic E-state index is 12.0. The molecule has 206 valence electrons. The molecule has 2 aliphatic rings. The van der Waals surface area contributed by atoms with Gasteiger partial charge in [0.25, 0.3) is 0 Å². The first-order chi connectivity index (χ1) is 17.9. The Labute approximate surface area is 221 Å². The minimum absolute atomic E-state index is 0.0464. The summed E-state index contributed by atoms with van der Waals surface area (Å²) in [5, 5.41) is 25.4. The minimum Gasteiger partial charge on any atom is -0.387 e. The zero-order valence-corrected chi connectivity index (χ0v) is 22.3. The fourth-order valence-corrected chi connectivity index (χ4v) is 7.61. The van der Waals surface area contributed by atoms with E-state index >= 15 is 0 Å². The Balaban J connectivity index is 1.41. The fourth-order valence-electron chi connectivity index (χ4n) is 4.88. The molecule has 4 heterocycles.